The fourth-order valence-electron chi connectivity index (χ4n) is 2.42. The van der Waals surface area contributed by atoms with Crippen LogP contribution in [0, 0.1) is 5.92 Å². The van der Waals surface area contributed by atoms with Crippen molar-refractivity contribution in [2.24, 2.45) is 5.92 Å². The Morgan fingerprint density at radius 3 is 2.75 bits per heavy atom. The maximum absolute atomic E-state index is 11.9. The number of carbonyl (C=O) groups is 1. The first-order valence-electron chi connectivity index (χ1n) is 7.19. The van der Waals surface area contributed by atoms with Crippen LogP contribution in [-0.2, 0) is 4.74 Å². The zero-order valence-electron chi connectivity index (χ0n) is 12.1. The van der Waals surface area contributed by atoms with Gasteiger partial charge in [-0.05, 0) is 44.6 Å². The second-order valence-electron chi connectivity index (χ2n) is 5.34. The summed E-state index contributed by atoms with van der Waals surface area (Å²) in [7, 11) is 0. The molecule has 0 aromatic carbocycles. The molecule has 1 aromatic rings. The van der Waals surface area contributed by atoms with Crippen LogP contribution in [0.5, 0.6) is 5.88 Å². The van der Waals surface area contributed by atoms with Crippen molar-refractivity contribution in [3.63, 3.8) is 0 Å². The van der Waals surface area contributed by atoms with E-state index < -0.39 is 5.97 Å². The highest BCUT2D eigenvalue weighted by atomic mass is 16.5. The average Bonchev–Trinajstić information content (AvgIpc) is 2.43. The number of ether oxygens (including phenoxy) is 2. The van der Waals surface area contributed by atoms with Gasteiger partial charge < -0.3 is 15.2 Å². The van der Waals surface area contributed by atoms with Crippen LogP contribution in [0.1, 0.15) is 49.9 Å². The molecule has 0 atom stereocenters. The number of nitrogens with zero attached hydrogens (tertiary/aromatic N) is 1. The number of aromatic nitrogens is 1. The van der Waals surface area contributed by atoms with Gasteiger partial charge in [0.15, 0.2) is 0 Å². The van der Waals surface area contributed by atoms with Gasteiger partial charge >= 0.3 is 5.97 Å². The van der Waals surface area contributed by atoms with Gasteiger partial charge in [-0.15, -0.1) is 0 Å². The standard InChI is InChI=1S/C15H22N2O3/c1-3-19-15(18)13-8-11(16)9-17-14(13)20-12-6-4-10(2)5-7-12/h8-10,12H,3-7,16H2,1-2H3. The minimum Gasteiger partial charge on any atom is -0.474 e. The lowest BCUT2D eigenvalue weighted by atomic mass is 9.89. The van der Waals surface area contributed by atoms with Crippen molar-refractivity contribution in [2.45, 2.75) is 45.6 Å². The number of nitrogens with two attached hydrogens (primary N) is 1. The van der Waals surface area contributed by atoms with Gasteiger partial charge in [-0.1, -0.05) is 6.92 Å². The van der Waals surface area contributed by atoms with E-state index >= 15 is 0 Å². The zero-order valence-corrected chi connectivity index (χ0v) is 12.1. The molecule has 1 saturated carbocycles. The fraction of sp³-hybridized carbons (Fsp3) is 0.600. The van der Waals surface area contributed by atoms with E-state index in [1.165, 1.54) is 6.20 Å². The Kier molecular flexibility index (Phi) is 4.82. The number of hydrogen-bond acceptors (Lipinski definition) is 5. The molecule has 1 aliphatic rings. The number of pyridine rings is 1. The van der Waals surface area contributed by atoms with E-state index in [1.807, 2.05) is 0 Å². The summed E-state index contributed by atoms with van der Waals surface area (Å²) in [5.41, 5.74) is 6.43. The minimum atomic E-state index is -0.438. The highest BCUT2D eigenvalue weighted by Crippen LogP contribution is 2.28. The first-order valence-corrected chi connectivity index (χ1v) is 7.19. The first-order chi connectivity index (χ1) is 9.60. The molecular weight excluding hydrogens is 256 g/mol. The number of carbonyl (C=O) groups excluding carboxylic acids is 1. The quantitative estimate of drug-likeness (QED) is 0.857. The molecule has 0 amide bonds. The van der Waals surface area contributed by atoms with Gasteiger partial charge in [-0.3, -0.25) is 0 Å². The molecule has 1 heterocycles. The molecule has 0 radical (unpaired) electrons. The largest absolute Gasteiger partial charge is 0.474 e. The van der Waals surface area contributed by atoms with Gasteiger partial charge in [0.05, 0.1) is 18.5 Å². The summed E-state index contributed by atoms with van der Waals surface area (Å²) in [5.74, 6) is 0.641. The van der Waals surface area contributed by atoms with E-state index in [4.69, 9.17) is 15.2 Å². The van der Waals surface area contributed by atoms with Gasteiger partial charge in [-0.25, -0.2) is 9.78 Å². The topological polar surface area (TPSA) is 74.4 Å². The summed E-state index contributed by atoms with van der Waals surface area (Å²) in [6.45, 7) is 4.33. The minimum absolute atomic E-state index is 0.121. The Balaban J connectivity index is 2.12. The summed E-state index contributed by atoms with van der Waals surface area (Å²) in [6.07, 6.45) is 5.91. The molecule has 0 bridgehead atoms. The van der Waals surface area contributed by atoms with Crippen molar-refractivity contribution < 1.29 is 14.3 Å². The van der Waals surface area contributed by atoms with Crippen molar-refractivity contribution in [1.29, 1.82) is 0 Å². The van der Waals surface area contributed by atoms with E-state index in [1.54, 1.807) is 13.0 Å². The monoisotopic (exact) mass is 278 g/mol. The van der Waals surface area contributed by atoms with Gasteiger partial charge in [-0.2, -0.15) is 0 Å². The van der Waals surface area contributed by atoms with E-state index in [-0.39, 0.29) is 6.10 Å². The average molecular weight is 278 g/mol. The molecule has 1 fully saturated rings. The Morgan fingerprint density at radius 2 is 2.10 bits per heavy atom. The van der Waals surface area contributed by atoms with Gasteiger partial charge in [0, 0.05) is 0 Å². The molecule has 1 aromatic heterocycles. The number of nitrogen functional groups attached to an aromatic ring is 1. The van der Waals surface area contributed by atoms with Crippen LogP contribution in [0.15, 0.2) is 12.3 Å². The molecule has 1 aliphatic carbocycles. The molecule has 5 heteroatoms. The number of hydrogen-bond donors (Lipinski definition) is 1. The molecule has 2 N–H and O–H groups in total. The predicted octanol–water partition coefficient (Wildman–Crippen LogP) is 2.80. The lowest BCUT2D eigenvalue weighted by Gasteiger charge is -2.26. The lowest BCUT2D eigenvalue weighted by Crippen LogP contribution is -2.24. The summed E-state index contributed by atoms with van der Waals surface area (Å²) < 4.78 is 10.9. The molecular formula is C15H22N2O3. The number of esters is 1. The molecule has 110 valence electrons. The van der Waals surface area contributed by atoms with Crippen LogP contribution >= 0.6 is 0 Å². The second-order valence-corrected chi connectivity index (χ2v) is 5.34. The third kappa shape index (κ3) is 3.62. The van der Waals surface area contributed by atoms with E-state index in [9.17, 15) is 4.79 Å². The van der Waals surface area contributed by atoms with Crippen LogP contribution in [0.2, 0.25) is 0 Å². The van der Waals surface area contributed by atoms with Gasteiger partial charge in [0.25, 0.3) is 0 Å². The van der Waals surface area contributed by atoms with Crippen LogP contribution in [-0.4, -0.2) is 23.7 Å². The predicted molar refractivity (Wildman–Crippen MR) is 76.7 cm³/mol. The second kappa shape index (κ2) is 6.59. The van der Waals surface area contributed by atoms with Crippen molar-refractivity contribution in [3.05, 3.63) is 17.8 Å². The third-order valence-corrected chi connectivity index (χ3v) is 3.61. The Bertz CT molecular complexity index is 468. The molecule has 0 spiro atoms. The first kappa shape index (κ1) is 14.6. The van der Waals surface area contributed by atoms with Crippen LogP contribution in [0.4, 0.5) is 5.69 Å². The SMILES string of the molecule is CCOC(=O)c1cc(N)cnc1OC1CCC(C)CC1. The highest BCUT2D eigenvalue weighted by molar-refractivity contribution is 5.92. The molecule has 0 aliphatic heterocycles. The summed E-state index contributed by atoms with van der Waals surface area (Å²) in [4.78, 5) is 16.1. The summed E-state index contributed by atoms with van der Waals surface area (Å²) in [6, 6.07) is 1.56. The van der Waals surface area contributed by atoms with E-state index in [0.29, 0.717) is 23.7 Å². The normalized spacial score (nSPS) is 22.3. The van der Waals surface area contributed by atoms with E-state index in [2.05, 4.69) is 11.9 Å². The molecule has 20 heavy (non-hydrogen) atoms. The Hall–Kier alpha value is -1.78. The van der Waals surface area contributed by atoms with Crippen molar-refractivity contribution in [2.75, 3.05) is 12.3 Å². The maximum Gasteiger partial charge on any atom is 0.343 e. The maximum atomic E-state index is 11.9. The van der Waals surface area contributed by atoms with Crippen LogP contribution in [0.3, 0.4) is 0 Å². The van der Waals surface area contributed by atoms with Crippen LogP contribution < -0.4 is 10.5 Å². The van der Waals surface area contributed by atoms with Gasteiger partial charge in [0.1, 0.15) is 11.7 Å². The summed E-state index contributed by atoms with van der Waals surface area (Å²) >= 11 is 0. The van der Waals surface area contributed by atoms with Crippen molar-refractivity contribution in [1.82, 2.24) is 4.98 Å². The van der Waals surface area contributed by atoms with Gasteiger partial charge in [0.2, 0.25) is 5.88 Å². The molecule has 2 rings (SSSR count). The smallest absolute Gasteiger partial charge is 0.343 e. The van der Waals surface area contributed by atoms with Crippen molar-refractivity contribution >= 4 is 11.7 Å². The molecule has 0 saturated heterocycles. The summed E-state index contributed by atoms with van der Waals surface area (Å²) in [5, 5.41) is 0. The molecule has 0 unspecified atom stereocenters. The lowest BCUT2D eigenvalue weighted by molar-refractivity contribution is 0.0513. The Morgan fingerprint density at radius 1 is 1.40 bits per heavy atom. The third-order valence-electron chi connectivity index (χ3n) is 3.61. The van der Waals surface area contributed by atoms with Crippen molar-refractivity contribution in [3.8, 4) is 5.88 Å². The number of anilines is 1. The van der Waals surface area contributed by atoms with E-state index in [0.717, 1.165) is 31.6 Å². The highest BCUT2D eigenvalue weighted by Gasteiger charge is 2.23. The fourth-order valence-corrected chi connectivity index (χ4v) is 2.42. The van der Waals surface area contributed by atoms with Crippen LogP contribution in [0.25, 0.3) is 0 Å². The Labute approximate surface area is 119 Å². The molecule has 5 nitrogen and oxygen atoms in total. The number of rotatable bonds is 4. The zero-order chi connectivity index (χ0) is 14.5.